The van der Waals surface area contributed by atoms with Crippen molar-refractivity contribution < 1.29 is 21.7 Å². The molecule has 4 rings (SSSR count). The fourth-order valence-corrected chi connectivity index (χ4v) is 8.18. The molecule has 0 aromatic rings. The summed E-state index contributed by atoms with van der Waals surface area (Å²) in [6.45, 7) is 11.8. The van der Waals surface area contributed by atoms with Crippen molar-refractivity contribution in [2.24, 2.45) is 29.6 Å². The molecular weight excluding hydrogens is 388 g/mol. The van der Waals surface area contributed by atoms with E-state index < -0.39 is 0 Å². The molecule has 0 radical (unpaired) electrons. The summed E-state index contributed by atoms with van der Waals surface area (Å²) in [6, 6.07) is 1.73. The van der Waals surface area contributed by atoms with Crippen molar-refractivity contribution in [2.45, 2.75) is 109 Å². The summed E-state index contributed by atoms with van der Waals surface area (Å²) >= 11 is 0. The van der Waals surface area contributed by atoms with Crippen molar-refractivity contribution >= 4 is 0 Å². The van der Waals surface area contributed by atoms with Crippen LogP contribution in [0.25, 0.3) is 5.32 Å². The van der Waals surface area contributed by atoms with E-state index >= 15 is 0 Å². The standard InChI is InChI=1S/C23H41N2.3CH3.Ti/c1-22(2,3)24-23(4,5)20-15-11-7-8-12-16(15)21-19(20)17-13-9-10-14-18(17)25(21)6;;;;/h15-21H,7-14H2,1-6H3;3*1H3;/q4*-1;+4. The Morgan fingerprint density at radius 1 is 0.724 bits per heavy atom. The predicted octanol–water partition coefficient (Wildman–Crippen LogP) is 7.21. The van der Waals surface area contributed by atoms with Gasteiger partial charge in [-0.3, -0.25) is 4.90 Å². The van der Waals surface area contributed by atoms with Gasteiger partial charge in [-0.1, -0.05) is 60.3 Å². The maximum absolute atomic E-state index is 5.42. The molecule has 0 bridgehead atoms. The smallest absolute Gasteiger partial charge is 0.652 e. The van der Waals surface area contributed by atoms with Gasteiger partial charge < -0.3 is 27.6 Å². The third kappa shape index (κ3) is 5.18. The molecule has 0 spiro atoms. The SMILES string of the molecule is CN1C2CCCCC2C2C1C1CCCCC1C2C(C)(C)[N-]C(C)(C)C.[CH3-].[CH3-].[CH3-].[Ti+4]. The van der Waals surface area contributed by atoms with Gasteiger partial charge in [0, 0.05) is 12.1 Å². The van der Waals surface area contributed by atoms with Crippen LogP contribution >= 0.6 is 0 Å². The van der Waals surface area contributed by atoms with Gasteiger partial charge in [-0.15, -0.1) is 11.1 Å². The fourth-order valence-electron chi connectivity index (χ4n) is 8.18. The molecule has 168 valence electrons. The average Bonchev–Trinajstić information content (AvgIpc) is 3.00. The summed E-state index contributed by atoms with van der Waals surface area (Å²) in [4.78, 5) is 2.88. The summed E-state index contributed by atoms with van der Waals surface area (Å²) < 4.78 is 0. The van der Waals surface area contributed by atoms with Crippen molar-refractivity contribution in [2.75, 3.05) is 7.05 Å². The Hall–Kier alpha value is 0.634. The van der Waals surface area contributed by atoms with Gasteiger partial charge in [0.25, 0.3) is 0 Å². The van der Waals surface area contributed by atoms with Gasteiger partial charge in [-0.05, 0) is 62.3 Å². The predicted molar refractivity (Wildman–Crippen MR) is 126 cm³/mol. The minimum absolute atomic E-state index is 0. The van der Waals surface area contributed by atoms with E-state index in [2.05, 4.69) is 46.6 Å². The largest absolute Gasteiger partial charge is 4.00 e. The average molecular weight is 439 g/mol. The Morgan fingerprint density at radius 2 is 1.21 bits per heavy atom. The number of rotatable bonds is 2. The molecule has 29 heavy (non-hydrogen) atoms. The molecule has 4 aliphatic rings. The van der Waals surface area contributed by atoms with Crippen molar-refractivity contribution in [1.82, 2.24) is 4.90 Å². The summed E-state index contributed by atoms with van der Waals surface area (Å²) in [5.41, 5.74) is 0.188. The molecule has 2 nitrogen and oxygen atoms in total. The zero-order valence-corrected chi connectivity index (χ0v) is 22.7. The molecule has 3 aliphatic carbocycles. The number of nitrogens with zero attached hydrogens (tertiary/aromatic N) is 2. The molecule has 7 atom stereocenters. The van der Waals surface area contributed by atoms with Crippen LogP contribution in [-0.2, 0) is 21.7 Å². The number of hydrogen-bond acceptors (Lipinski definition) is 1. The molecule has 0 aromatic heterocycles. The molecular formula is C26H50N2Ti. The topological polar surface area (TPSA) is 17.3 Å². The second-order valence-electron chi connectivity index (χ2n) is 11.3. The van der Waals surface area contributed by atoms with Gasteiger partial charge in [-0.2, -0.15) is 0 Å². The Balaban J connectivity index is 0.00000196. The van der Waals surface area contributed by atoms with Crippen LogP contribution in [0.5, 0.6) is 0 Å². The van der Waals surface area contributed by atoms with E-state index in [1.54, 1.807) is 0 Å². The maximum atomic E-state index is 5.42. The van der Waals surface area contributed by atoms with Gasteiger partial charge in [0.2, 0.25) is 0 Å². The first-order valence-corrected chi connectivity index (χ1v) is 11.2. The quantitative estimate of drug-likeness (QED) is 0.329. The van der Waals surface area contributed by atoms with Crippen molar-refractivity contribution in [1.29, 1.82) is 0 Å². The summed E-state index contributed by atoms with van der Waals surface area (Å²) in [6.07, 6.45) is 11.7. The van der Waals surface area contributed by atoms with E-state index in [9.17, 15) is 0 Å². The second kappa shape index (κ2) is 10.5. The van der Waals surface area contributed by atoms with Gasteiger partial charge in [0.05, 0.1) is 0 Å². The normalized spacial score (nSPS) is 38.9. The third-order valence-corrected chi connectivity index (χ3v) is 8.29. The molecule has 7 unspecified atom stereocenters. The third-order valence-electron chi connectivity index (χ3n) is 8.29. The molecule has 3 saturated carbocycles. The van der Waals surface area contributed by atoms with Crippen LogP contribution in [0, 0.1) is 51.9 Å². The van der Waals surface area contributed by atoms with Crippen molar-refractivity contribution in [3.63, 3.8) is 0 Å². The molecule has 1 heterocycles. The van der Waals surface area contributed by atoms with Gasteiger partial charge >= 0.3 is 21.7 Å². The summed E-state index contributed by atoms with van der Waals surface area (Å²) in [5.74, 6) is 4.54. The number of hydrogen-bond donors (Lipinski definition) is 0. The van der Waals surface area contributed by atoms with E-state index in [1.165, 1.54) is 51.4 Å². The van der Waals surface area contributed by atoms with E-state index in [0.29, 0.717) is 0 Å². The van der Waals surface area contributed by atoms with Gasteiger partial charge in [0.15, 0.2) is 0 Å². The molecule has 0 amide bonds. The van der Waals surface area contributed by atoms with Crippen LogP contribution in [0.15, 0.2) is 0 Å². The molecule has 3 heteroatoms. The monoisotopic (exact) mass is 438 g/mol. The Kier molecular flexibility index (Phi) is 10.7. The van der Waals surface area contributed by atoms with E-state index in [0.717, 1.165) is 41.7 Å². The van der Waals surface area contributed by atoms with E-state index in [-0.39, 0.29) is 55.1 Å². The van der Waals surface area contributed by atoms with Crippen LogP contribution in [0.4, 0.5) is 0 Å². The van der Waals surface area contributed by atoms with Crippen LogP contribution in [-0.4, -0.2) is 35.1 Å². The first-order chi connectivity index (χ1) is 11.7. The van der Waals surface area contributed by atoms with Crippen LogP contribution in [0.2, 0.25) is 0 Å². The first kappa shape index (κ1) is 29.6. The zero-order chi connectivity index (χ0) is 18.0. The molecule has 1 saturated heterocycles. The summed E-state index contributed by atoms with van der Waals surface area (Å²) in [7, 11) is 2.48. The Morgan fingerprint density at radius 3 is 1.76 bits per heavy atom. The molecule has 0 N–H and O–H groups in total. The van der Waals surface area contributed by atoms with Crippen molar-refractivity contribution in [3.05, 3.63) is 27.6 Å². The fraction of sp³-hybridized carbons (Fsp3) is 0.885. The minimum atomic E-state index is 0. The van der Waals surface area contributed by atoms with Gasteiger partial charge in [-0.25, -0.2) is 0 Å². The van der Waals surface area contributed by atoms with Crippen LogP contribution in [0.3, 0.4) is 0 Å². The molecule has 4 fully saturated rings. The minimum Gasteiger partial charge on any atom is -0.652 e. The molecule has 0 aromatic carbocycles. The maximum Gasteiger partial charge on any atom is 4.00 e. The van der Waals surface area contributed by atoms with E-state index in [1.807, 2.05) is 0 Å². The zero-order valence-electron chi connectivity index (χ0n) is 21.1. The summed E-state index contributed by atoms with van der Waals surface area (Å²) in [5, 5.41) is 5.42. The van der Waals surface area contributed by atoms with Gasteiger partial charge in [0.1, 0.15) is 0 Å². The number of likely N-dealkylation sites (tertiary alicyclic amines) is 1. The Labute approximate surface area is 199 Å². The van der Waals surface area contributed by atoms with Crippen LogP contribution in [0.1, 0.15) is 86.0 Å². The molecule has 1 aliphatic heterocycles. The van der Waals surface area contributed by atoms with E-state index in [4.69, 9.17) is 5.32 Å². The second-order valence-corrected chi connectivity index (χ2v) is 11.3. The van der Waals surface area contributed by atoms with Crippen molar-refractivity contribution in [3.8, 4) is 0 Å². The first-order valence-electron chi connectivity index (χ1n) is 11.2. The number of fused-ring (bicyclic) bond motifs is 5. The van der Waals surface area contributed by atoms with Crippen LogP contribution < -0.4 is 0 Å². The Bertz CT molecular complexity index is 495.